The number of carbonyl (C=O) groups excluding carboxylic acids is 1. The zero-order valence-corrected chi connectivity index (χ0v) is 15.4. The van der Waals surface area contributed by atoms with Gasteiger partial charge in [-0.3, -0.25) is 9.78 Å². The highest BCUT2D eigenvalue weighted by atomic mass is 79.9. The van der Waals surface area contributed by atoms with Crippen molar-refractivity contribution >= 4 is 21.7 Å². The van der Waals surface area contributed by atoms with E-state index in [2.05, 4.69) is 20.9 Å². The summed E-state index contributed by atoms with van der Waals surface area (Å²) in [5.74, 6) is 0.804. The maximum Gasteiger partial charge on any atom is 0.227 e. The summed E-state index contributed by atoms with van der Waals surface area (Å²) in [6.07, 6.45) is 3.68. The molecule has 126 valence electrons. The lowest BCUT2D eigenvalue weighted by Gasteiger charge is -2.05. The molecule has 0 unspecified atom stereocenters. The minimum atomic E-state index is 0.0592. The number of carbonyl (C=O) groups is 1. The minimum Gasteiger partial charge on any atom is -0.487 e. The highest BCUT2D eigenvalue weighted by Crippen LogP contribution is 2.13. The van der Waals surface area contributed by atoms with Gasteiger partial charge in [0.1, 0.15) is 12.4 Å². The van der Waals surface area contributed by atoms with Crippen LogP contribution in [0.5, 0.6) is 5.75 Å². The molecule has 0 bridgehead atoms. The van der Waals surface area contributed by atoms with Crippen molar-refractivity contribution in [2.75, 3.05) is 0 Å². The lowest BCUT2D eigenvalue weighted by Crippen LogP contribution is -2.37. The first-order valence-corrected chi connectivity index (χ1v) is 8.73. The molecule has 0 atom stereocenters. The summed E-state index contributed by atoms with van der Waals surface area (Å²) in [5, 5.41) is 0. The quantitative estimate of drug-likeness (QED) is 0.467. The molecule has 5 heteroatoms. The van der Waals surface area contributed by atoms with Crippen LogP contribution >= 0.6 is 15.9 Å². The van der Waals surface area contributed by atoms with Crippen molar-refractivity contribution < 1.29 is 14.1 Å². The van der Waals surface area contributed by atoms with E-state index in [9.17, 15) is 4.79 Å². The third-order valence-electron chi connectivity index (χ3n) is 3.67. The Labute approximate surface area is 155 Å². The van der Waals surface area contributed by atoms with Crippen LogP contribution in [0.1, 0.15) is 21.7 Å². The van der Waals surface area contributed by atoms with E-state index >= 15 is 0 Å². The average molecular weight is 398 g/mol. The smallest absolute Gasteiger partial charge is 0.227 e. The largest absolute Gasteiger partial charge is 0.487 e. The van der Waals surface area contributed by atoms with Crippen LogP contribution in [-0.2, 0) is 13.2 Å². The van der Waals surface area contributed by atoms with E-state index in [0.717, 1.165) is 21.6 Å². The Morgan fingerprint density at radius 3 is 2.60 bits per heavy atom. The zero-order valence-electron chi connectivity index (χ0n) is 13.9. The molecule has 0 saturated heterocycles. The Morgan fingerprint density at radius 1 is 1.12 bits per heavy atom. The molecule has 0 aliphatic carbocycles. The molecule has 0 N–H and O–H groups in total. The molecule has 3 aromatic rings. The van der Waals surface area contributed by atoms with Gasteiger partial charge in [-0.2, -0.15) is 4.57 Å². The molecule has 1 aromatic carbocycles. The predicted molar refractivity (Wildman–Crippen MR) is 98.4 cm³/mol. The number of ether oxygens (including phenoxy) is 1. The molecule has 3 rings (SSSR count). The minimum absolute atomic E-state index is 0.0592. The van der Waals surface area contributed by atoms with Gasteiger partial charge in [0.05, 0.1) is 5.69 Å². The van der Waals surface area contributed by atoms with Crippen molar-refractivity contribution in [2.45, 2.75) is 20.1 Å². The third-order valence-corrected chi connectivity index (χ3v) is 4.16. The van der Waals surface area contributed by atoms with Crippen LogP contribution in [0.25, 0.3) is 0 Å². The number of nitrogens with zero attached hydrogens (tertiary/aromatic N) is 2. The summed E-state index contributed by atoms with van der Waals surface area (Å²) in [5.41, 5.74) is 2.55. The Kier molecular flexibility index (Phi) is 5.56. The van der Waals surface area contributed by atoms with Crippen LogP contribution in [0, 0.1) is 6.92 Å². The van der Waals surface area contributed by atoms with E-state index in [4.69, 9.17) is 4.74 Å². The molecular weight excluding hydrogens is 380 g/mol. The molecule has 4 nitrogen and oxygen atoms in total. The van der Waals surface area contributed by atoms with Gasteiger partial charge >= 0.3 is 0 Å². The fraction of sp³-hybridized carbons (Fsp3) is 0.150. The summed E-state index contributed by atoms with van der Waals surface area (Å²) >= 11 is 3.39. The number of aryl methyl sites for hydroxylation is 1. The topological polar surface area (TPSA) is 43.1 Å². The number of hydrogen-bond donors (Lipinski definition) is 0. The summed E-state index contributed by atoms with van der Waals surface area (Å²) in [6, 6.07) is 17.0. The van der Waals surface area contributed by atoms with Gasteiger partial charge in [-0.25, -0.2) is 0 Å². The molecule has 0 aliphatic heterocycles. The van der Waals surface area contributed by atoms with Gasteiger partial charge in [-0.15, -0.1) is 0 Å². The Morgan fingerprint density at radius 2 is 1.88 bits per heavy atom. The van der Waals surface area contributed by atoms with E-state index in [-0.39, 0.29) is 12.3 Å². The van der Waals surface area contributed by atoms with E-state index in [1.165, 1.54) is 0 Å². The Balaban J connectivity index is 1.59. The van der Waals surface area contributed by atoms with Crippen molar-refractivity contribution in [3.8, 4) is 5.75 Å². The van der Waals surface area contributed by atoms with E-state index in [1.54, 1.807) is 0 Å². The molecule has 0 amide bonds. The summed E-state index contributed by atoms with van der Waals surface area (Å²) in [4.78, 5) is 16.7. The van der Waals surface area contributed by atoms with Gasteiger partial charge in [0.2, 0.25) is 12.3 Å². The van der Waals surface area contributed by atoms with Gasteiger partial charge in [0.15, 0.2) is 12.4 Å². The molecule has 0 aliphatic rings. The predicted octanol–water partition coefficient (Wildman–Crippen LogP) is 3.90. The Hall–Kier alpha value is -2.53. The summed E-state index contributed by atoms with van der Waals surface area (Å²) in [6.45, 7) is 2.66. The third kappa shape index (κ3) is 4.97. The van der Waals surface area contributed by atoms with E-state index in [0.29, 0.717) is 12.2 Å². The molecule has 0 fully saturated rings. The number of ketones is 1. The van der Waals surface area contributed by atoms with Gasteiger partial charge in [-0.05, 0) is 31.2 Å². The number of aromatic nitrogens is 2. The SMILES string of the molecule is Cc1cccc(COc2cc[n+](CC(=O)c3cccc(Br)c3)cc2)n1. The van der Waals surface area contributed by atoms with Gasteiger partial charge in [0, 0.05) is 27.9 Å². The van der Waals surface area contributed by atoms with Crippen molar-refractivity contribution in [1.29, 1.82) is 0 Å². The highest BCUT2D eigenvalue weighted by Gasteiger charge is 2.12. The van der Waals surface area contributed by atoms with Crippen LogP contribution in [-0.4, -0.2) is 10.8 Å². The number of pyridine rings is 2. The van der Waals surface area contributed by atoms with Gasteiger partial charge in [0.25, 0.3) is 0 Å². The van der Waals surface area contributed by atoms with Gasteiger partial charge in [-0.1, -0.05) is 34.1 Å². The van der Waals surface area contributed by atoms with Crippen molar-refractivity contribution in [3.05, 3.63) is 88.4 Å². The first-order chi connectivity index (χ1) is 12.1. The number of benzene rings is 1. The standard InChI is InChI=1S/C20H18BrN2O2/c1-15-4-2-7-18(22-15)14-25-19-8-10-23(11-9-19)13-20(24)16-5-3-6-17(21)12-16/h2-12H,13-14H2,1H3/q+1. The van der Waals surface area contributed by atoms with Gasteiger partial charge < -0.3 is 4.74 Å². The maximum absolute atomic E-state index is 12.3. The van der Waals surface area contributed by atoms with E-state index in [1.807, 2.05) is 78.5 Å². The van der Waals surface area contributed by atoms with Crippen molar-refractivity contribution in [2.24, 2.45) is 0 Å². The fourth-order valence-corrected chi connectivity index (χ4v) is 2.80. The molecule has 0 spiro atoms. The molecule has 25 heavy (non-hydrogen) atoms. The molecule has 0 radical (unpaired) electrons. The number of halogens is 1. The zero-order chi connectivity index (χ0) is 17.6. The van der Waals surface area contributed by atoms with Crippen LogP contribution in [0.2, 0.25) is 0 Å². The number of hydrogen-bond acceptors (Lipinski definition) is 3. The average Bonchev–Trinajstić information content (AvgIpc) is 2.61. The Bertz CT molecular complexity index is 879. The normalized spacial score (nSPS) is 10.5. The number of rotatable bonds is 6. The molecule has 2 heterocycles. The lowest BCUT2D eigenvalue weighted by atomic mass is 10.1. The fourth-order valence-electron chi connectivity index (χ4n) is 2.40. The highest BCUT2D eigenvalue weighted by molar-refractivity contribution is 9.10. The molecular formula is C20H18BrN2O2+. The van der Waals surface area contributed by atoms with Crippen molar-refractivity contribution in [1.82, 2.24) is 4.98 Å². The number of Topliss-reactive ketones (excluding diaryl/α,β-unsaturated/α-hetero) is 1. The second-order valence-corrected chi connectivity index (χ2v) is 6.61. The van der Waals surface area contributed by atoms with E-state index < -0.39 is 0 Å². The second kappa shape index (κ2) is 8.03. The first-order valence-electron chi connectivity index (χ1n) is 7.93. The second-order valence-electron chi connectivity index (χ2n) is 5.70. The van der Waals surface area contributed by atoms with Crippen LogP contribution in [0.15, 0.2) is 71.5 Å². The maximum atomic E-state index is 12.3. The molecule has 2 aromatic heterocycles. The summed E-state index contributed by atoms with van der Waals surface area (Å²) < 4.78 is 8.47. The monoisotopic (exact) mass is 397 g/mol. The van der Waals surface area contributed by atoms with Crippen LogP contribution in [0.4, 0.5) is 0 Å². The summed E-state index contributed by atoms with van der Waals surface area (Å²) in [7, 11) is 0. The molecule has 0 saturated carbocycles. The van der Waals surface area contributed by atoms with Crippen LogP contribution in [0.3, 0.4) is 0 Å². The lowest BCUT2D eigenvalue weighted by molar-refractivity contribution is -0.683. The first kappa shape index (κ1) is 17.3. The van der Waals surface area contributed by atoms with Crippen molar-refractivity contribution in [3.63, 3.8) is 0 Å². The van der Waals surface area contributed by atoms with Crippen LogP contribution < -0.4 is 9.30 Å².